The molecule has 0 aliphatic rings. The van der Waals surface area contributed by atoms with Gasteiger partial charge in [-0.05, 0) is 43.5 Å². The Kier molecular flexibility index (Phi) is 5.00. The molecule has 0 saturated carbocycles. The lowest BCUT2D eigenvalue weighted by Crippen LogP contribution is -2.03. The molecule has 1 rings (SSSR count). The zero-order chi connectivity index (χ0) is 12.1. The Balaban J connectivity index is 2.97. The summed E-state index contributed by atoms with van der Waals surface area (Å²) in [7, 11) is 1.65. The van der Waals surface area contributed by atoms with Crippen LogP contribution < -0.4 is 4.74 Å². The van der Waals surface area contributed by atoms with Crippen molar-refractivity contribution in [2.24, 2.45) is 0 Å². The van der Waals surface area contributed by atoms with E-state index in [4.69, 9.17) is 4.74 Å². The second-order valence-electron chi connectivity index (χ2n) is 3.85. The molecule has 0 radical (unpaired) electrons. The molecule has 3 heteroatoms. The Labute approximate surface area is 105 Å². The van der Waals surface area contributed by atoms with Crippen molar-refractivity contribution in [2.75, 3.05) is 12.4 Å². The van der Waals surface area contributed by atoms with Crippen molar-refractivity contribution in [1.29, 1.82) is 0 Å². The van der Waals surface area contributed by atoms with E-state index >= 15 is 0 Å². The van der Waals surface area contributed by atoms with E-state index in [1.54, 1.807) is 7.11 Å². The monoisotopic (exact) mass is 284 g/mol. The molecule has 0 atom stereocenters. The molecular formula is C13H17BrO2. The van der Waals surface area contributed by atoms with E-state index in [0.717, 1.165) is 34.2 Å². The summed E-state index contributed by atoms with van der Waals surface area (Å²) in [4.78, 5) is 11.9. The first-order chi connectivity index (χ1) is 7.60. The van der Waals surface area contributed by atoms with Crippen LogP contribution in [0.1, 0.15) is 34.3 Å². The van der Waals surface area contributed by atoms with Gasteiger partial charge in [0.05, 0.1) is 7.11 Å². The van der Waals surface area contributed by atoms with Crippen LogP contribution in [-0.2, 0) is 0 Å². The summed E-state index contributed by atoms with van der Waals surface area (Å²) in [5.41, 5.74) is 2.82. The predicted molar refractivity (Wildman–Crippen MR) is 69.8 cm³/mol. The van der Waals surface area contributed by atoms with Gasteiger partial charge in [-0.15, -0.1) is 0 Å². The van der Waals surface area contributed by atoms with Crippen LogP contribution in [0.25, 0.3) is 0 Å². The van der Waals surface area contributed by atoms with Crippen molar-refractivity contribution in [2.45, 2.75) is 26.7 Å². The van der Waals surface area contributed by atoms with Crippen LogP contribution in [0.4, 0.5) is 0 Å². The number of ketones is 1. The first kappa shape index (κ1) is 13.2. The van der Waals surface area contributed by atoms with Crippen molar-refractivity contribution in [3.8, 4) is 5.75 Å². The highest BCUT2D eigenvalue weighted by molar-refractivity contribution is 9.09. The van der Waals surface area contributed by atoms with Gasteiger partial charge < -0.3 is 4.74 Å². The first-order valence-corrected chi connectivity index (χ1v) is 6.46. The second kappa shape index (κ2) is 6.04. The number of methoxy groups -OCH3 is 1. The Morgan fingerprint density at radius 1 is 1.31 bits per heavy atom. The molecule has 16 heavy (non-hydrogen) atoms. The zero-order valence-electron chi connectivity index (χ0n) is 9.97. The maximum absolute atomic E-state index is 11.9. The van der Waals surface area contributed by atoms with Gasteiger partial charge in [-0.3, -0.25) is 4.79 Å². The fraction of sp³-hybridized carbons (Fsp3) is 0.462. The largest absolute Gasteiger partial charge is 0.496 e. The van der Waals surface area contributed by atoms with Crippen LogP contribution in [-0.4, -0.2) is 18.2 Å². The Morgan fingerprint density at radius 2 is 2.00 bits per heavy atom. The highest BCUT2D eigenvalue weighted by atomic mass is 79.9. The Bertz CT molecular complexity index is 386. The molecule has 0 unspecified atom stereocenters. The van der Waals surface area contributed by atoms with Crippen LogP contribution in [0.2, 0.25) is 0 Å². The quantitative estimate of drug-likeness (QED) is 0.609. The minimum absolute atomic E-state index is 0.211. The van der Waals surface area contributed by atoms with Crippen LogP contribution >= 0.6 is 15.9 Å². The van der Waals surface area contributed by atoms with Gasteiger partial charge in [0.15, 0.2) is 5.78 Å². The fourth-order valence-electron chi connectivity index (χ4n) is 1.67. The standard InChI is InChI=1S/C13H17BrO2/c1-9-8-13(16-3)10(2)7-11(9)12(15)5-4-6-14/h7-8H,4-6H2,1-3H3. The number of alkyl halides is 1. The van der Waals surface area contributed by atoms with E-state index in [9.17, 15) is 4.79 Å². The third-order valence-electron chi connectivity index (χ3n) is 2.58. The van der Waals surface area contributed by atoms with E-state index in [2.05, 4.69) is 15.9 Å². The molecular weight excluding hydrogens is 268 g/mol. The highest BCUT2D eigenvalue weighted by Crippen LogP contribution is 2.23. The van der Waals surface area contributed by atoms with E-state index < -0.39 is 0 Å². The Morgan fingerprint density at radius 3 is 2.56 bits per heavy atom. The number of aryl methyl sites for hydroxylation is 2. The average molecular weight is 285 g/mol. The highest BCUT2D eigenvalue weighted by Gasteiger charge is 2.11. The van der Waals surface area contributed by atoms with E-state index in [-0.39, 0.29) is 5.78 Å². The summed E-state index contributed by atoms with van der Waals surface area (Å²) in [6.45, 7) is 3.91. The minimum atomic E-state index is 0.211. The van der Waals surface area contributed by atoms with Crippen molar-refractivity contribution in [3.05, 3.63) is 28.8 Å². The van der Waals surface area contributed by atoms with Crippen molar-refractivity contribution in [3.63, 3.8) is 0 Å². The number of ether oxygens (including phenoxy) is 1. The van der Waals surface area contributed by atoms with E-state index in [1.165, 1.54) is 0 Å². The zero-order valence-corrected chi connectivity index (χ0v) is 11.6. The van der Waals surface area contributed by atoms with Crippen LogP contribution in [0, 0.1) is 13.8 Å². The molecule has 0 bridgehead atoms. The number of halogens is 1. The number of carbonyl (C=O) groups excluding carboxylic acids is 1. The van der Waals surface area contributed by atoms with Gasteiger partial charge in [-0.2, -0.15) is 0 Å². The van der Waals surface area contributed by atoms with Gasteiger partial charge in [0, 0.05) is 17.3 Å². The predicted octanol–water partition coefficient (Wildman–Crippen LogP) is 3.67. The van der Waals surface area contributed by atoms with Gasteiger partial charge in [0.25, 0.3) is 0 Å². The summed E-state index contributed by atoms with van der Waals surface area (Å²) in [6.07, 6.45) is 1.47. The molecule has 0 amide bonds. The molecule has 0 spiro atoms. The van der Waals surface area contributed by atoms with E-state index in [1.807, 2.05) is 26.0 Å². The molecule has 0 N–H and O–H groups in total. The number of hydrogen-bond acceptors (Lipinski definition) is 2. The summed E-state index contributed by atoms with van der Waals surface area (Å²) in [5.74, 6) is 1.05. The van der Waals surface area contributed by atoms with Crippen LogP contribution in [0.5, 0.6) is 5.75 Å². The number of rotatable bonds is 5. The van der Waals surface area contributed by atoms with Crippen molar-refractivity contribution >= 4 is 21.7 Å². The molecule has 0 heterocycles. The molecule has 0 saturated heterocycles. The normalized spacial score (nSPS) is 10.2. The topological polar surface area (TPSA) is 26.3 Å². The third-order valence-corrected chi connectivity index (χ3v) is 3.14. The third kappa shape index (κ3) is 3.08. The first-order valence-electron chi connectivity index (χ1n) is 5.34. The van der Waals surface area contributed by atoms with Crippen molar-refractivity contribution < 1.29 is 9.53 Å². The smallest absolute Gasteiger partial charge is 0.163 e. The molecule has 1 aromatic rings. The number of Topliss-reactive ketones (excluding diaryl/α,β-unsaturated/α-hetero) is 1. The molecule has 2 nitrogen and oxygen atoms in total. The summed E-state index contributed by atoms with van der Waals surface area (Å²) >= 11 is 3.33. The van der Waals surface area contributed by atoms with Gasteiger partial charge in [0.1, 0.15) is 5.75 Å². The molecule has 0 aliphatic heterocycles. The van der Waals surface area contributed by atoms with Gasteiger partial charge >= 0.3 is 0 Å². The van der Waals surface area contributed by atoms with Crippen molar-refractivity contribution in [1.82, 2.24) is 0 Å². The fourth-order valence-corrected chi connectivity index (χ4v) is 1.95. The second-order valence-corrected chi connectivity index (χ2v) is 4.65. The lowest BCUT2D eigenvalue weighted by atomic mass is 9.99. The van der Waals surface area contributed by atoms with Gasteiger partial charge in [0.2, 0.25) is 0 Å². The van der Waals surface area contributed by atoms with E-state index in [0.29, 0.717) is 6.42 Å². The molecule has 88 valence electrons. The van der Waals surface area contributed by atoms with Gasteiger partial charge in [-0.1, -0.05) is 15.9 Å². The molecule has 0 fully saturated rings. The summed E-state index contributed by atoms with van der Waals surface area (Å²) < 4.78 is 5.22. The summed E-state index contributed by atoms with van der Waals surface area (Å²) in [5, 5.41) is 0.868. The van der Waals surface area contributed by atoms with Crippen LogP contribution in [0.15, 0.2) is 12.1 Å². The van der Waals surface area contributed by atoms with Gasteiger partial charge in [-0.25, -0.2) is 0 Å². The molecule has 0 aliphatic carbocycles. The lowest BCUT2D eigenvalue weighted by Gasteiger charge is -2.10. The maximum Gasteiger partial charge on any atom is 0.163 e. The SMILES string of the molecule is COc1cc(C)c(C(=O)CCCBr)cc1C. The Hall–Kier alpha value is -0.830. The number of carbonyl (C=O) groups is 1. The maximum atomic E-state index is 11.9. The van der Waals surface area contributed by atoms with Crippen LogP contribution in [0.3, 0.4) is 0 Å². The number of hydrogen-bond donors (Lipinski definition) is 0. The average Bonchev–Trinajstić information content (AvgIpc) is 2.28. The number of benzene rings is 1. The summed E-state index contributed by atoms with van der Waals surface area (Å²) in [6, 6.07) is 3.85. The molecule has 0 aromatic heterocycles. The minimum Gasteiger partial charge on any atom is -0.496 e. The lowest BCUT2D eigenvalue weighted by molar-refractivity contribution is 0.0981. The molecule has 1 aromatic carbocycles.